The van der Waals surface area contributed by atoms with E-state index >= 15 is 0 Å². The summed E-state index contributed by atoms with van der Waals surface area (Å²) in [5.41, 5.74) is 5.21. The SMILES string of the molecule is CC(NCc1ccc(-c2ccccc2)cc1)c1ccsc1. The van der Waals surface area contributed by atoms with Crippen molar-refractivity contribution in [2.45, 2.75) is 19.5 Å². The Bertz CT molecular complexity index is 657. The van der Waals surface area contributed by atoms with Gasteiger partial charge in [-0.1, -0.05) is 54.6 Å². The molecular weight excluding hydrogens is 274 g/mol. The van der Waals surface area contributed by atoms with Gasteiger partial charge in [-0.05, 0) is 46.0 Å². The Morgan fingerprint density at radius 3 is 2.29 bits per heavy atom. The van der Waals surface area contributed by atoms with Crippen molar-refractivity contribution in [1.29, 1.82) is 0 Å². The normalized spacial score (nSPS) is 12.2. The van der Waals surface area contributed by atoms with Crippen molar-refractivity contribution in [2.24, 2.45) is 0 Å². The largest absolute Gasteiger partial charge is 0.306 e. The minimum Gasteiger partial charge on any atom is -0.306 e. The van der Waals surface area contributed by atoms with Crippen LogP contribution in [0.2, 0.25) is 0 Å². The first-order valence-corrected chi connectivity index (χ1v) is 8.17. The maximum Gasteiger partial charge on any atom is 0.0303 e. The molecule has 1 nitrogen and oxygen atoms in total. The van der Waals surface area contributed by atoms with E-state index in [1.165, 1.54) is 22.3 Å². The highest BCUT2D eigenvalue weighted by Crippen LogP contribution is 2.20. The zero-order valence-electron chi connectivity index (χ0n) is 12.1. The smallest absolute Gasteiger partial charge is 0.0303 e. The molecule has 2 heteroatoms. The Morgan fingerprint density at radius 1 is 0.905 bits per heavy atom. The van der Waals surface area contributed by atoms with Crippen molar-refractivity contribution in [3.8, 4) is 11.1 Å². The Morgan fingerprint density at radius 2 is 1.62 bits per heavy atom. The predicted molar refractivity (Wildman–Crippen MR) is 91.5 cm³/mol. The first-order valence-electron chi connectivity index (χ1n) is 7.23. The summed E-state index contributed by atoms with van der Waals surface area (Å²) in [6.07, 6.45) is 0. The van der Waals surface area contributed by atoms with E-state index in [0.29, 0.717) is 6.04 Å². The number of rotatable bonds is 5. The maximum absolute atomic E-state index is 3.57. The first-order chi connectivity index (χ1) is 10.3. The number of hydrogen-bond acceptors (Lipinski definition) is 2. The quantitative estimate of drug-likeness (QED) is 0.676. The van der Waals surface area contributed by atoms with Gasteiger partial charge in [-0.3, -0.25) is 0 Å². The van der Waals surface area contributed by atoms with E-state index in [1.54, 1.807) is 11.3 Å². The highest BCUT2D eigenvalue weighted by Gasteiger charge is 2.05. The van der Waals surface area contributed by atoms with Gasteiger partial charge in [-0.25, -0.2) is 0 Å². The summed E-state index contributed by atoms with van der Waals surface area (Å²) >= 11 is 1.75. The van der Waals surface area contributed by atoms with Gasteiger partial charge in [0.2, 0.25) is 0 Å². The minimum absolute atomic E-state index is 0.394. The van der Waals surface area contributed by atoms with E-state index < -0.39 is 0 Å². The van der Waals surface area contributed by atoms with Crippen LogP contribution in [0.1, 0.15) is 24.1 Å². The summed E-state index contributed by atoms with van der Waals surface area (Å²) in [7, 11) is 0. The average molecular weight is 293 g/mol. The molecule has 0 bridgehead atoms. The molecule has 1 N–H and O–H groups in total. The van der Waals surface area contributed by atoms with E-state index in [0.717, 1.165) is 6.54 Å². The average Bonchev–Trinajstić information content (AvgIpc) is 3.08. The monoisotopic (exact) mass is 293 g/mol. The van der Waals surface area contributed by atoms with E-state index in [-0.39, 0.29) is 0 Å². The van der Waals surface area contributed by atoms with Crippen molar-refractivity contribution in [3.63, 3.8) is 0 Å². The van der Waals surface area contributed by atoms with Crippen LogP contribution in [0.25, 0.3) is 11.1 Å². The van der Waals surface area contributed by atoms with Gasteiger partial charge in [0.1, 0.15) is 0 Å². The molecule has 106 valence electrons. The lowest BCUT2D eigenvalue weighted by Crippen LogP contribution is -2.17. The molecule has 0 fully saturated rings. The second-order valence-electron chi connectivity index (χ2n) is 5.22. The van der Waals surface area contributed by atoms with Crippen molar-refractivity contribution in [2.75, 3.05) is 0 Å². The van der Waals surface area contributed by atoms with Crippen molar-refractivity contribution < 1.29 is 0 Å². The zero-order valence-corrected chi connectivity index (χ0v) is 12.9. The van der Waals surface area contributed by atoms with E-state index in [9.17, 15) is 0 Å². The lowest BCUT2D eigenvalue weighted by atomic mass is 10.0. The molecule has 0 amide bonds. The third-order valence-electron chi connectivity index (χ3n) is 3.72. The second-order valence-corrected chi connectivity index (χ2v) is 6.00. The summed E-state index contributed by atoms with van der Waals surface area (Å²) in [5.74, 6) is 0. The van der Waals surface area contributed by atoms with Crippen LogP contribution in [0.15, 0.2) is 71.4 Å². The van der Waals surface area contributed by atoms with Gasteiger partial charge in [0.05, 0.1) is 0 Å². The van der Waals surface area contributed by atoms with Crippen LogP contribution in [-0.2, 0) is 6.54 Å². The van der Waals surface area contributed by atoms with Gasteiger partial charge < -0.3 is 5.32 Å². The van der Waals surface area contributed by atoms with Crippen LogP contribution >= 0.6 is 11.3 Å². The predicted octanol–water partition coefficient (Wildman–Crippen LogP) is 5.27. The highest BCUT2D eigenvalue weighted by atomic mass is 32.1. The molecule has 2 aromatic carbocycles. The molecule has 0 spiro atoms. The molecule has 0 aliphatic carbocycles. The van der Waals surface area contributed by atoms with Gasteiger partial charge in [-0.15, -0.1) is 0 Å². The van der Waals surface area contributed by atoms with Crippen LogP contribution in [0.4, 0.5) is 0 Å². The Balaban J connectivity index is 1.62. The fourth-order valence-electron chi connectivity index (χ4n) is 2.36. The molecule has 0 radical (unpaired) electrons. The molecule has 1 atom stereocenters. The summed E-state index contributed by atoms with van der Waals surface area (Å²) < 4.78 is 0. The minimum atomic E-state index is 0.394. The number of thiophene rings is 1. The lowest BCUT2D eigenvalue weighted by molar-refractivity contribution is 0.576. The molecule has 0 aliphatic heterocycles. The van der Waals surface area contributed by atoms with Crippen LogP contribution in [-0.4, -0.2) is 0 Å². The summed E-state index contributed by atoms with van der Waals surface area (Å²) in [5, 5.41) is 7.90. The third kappa shape index (κ3) is 3.60. The van der Waals surface area contributed by atoms with Gasteiger partial charge in [0.25, 0.3) is 0 Å². The Kier molecular flexibility index (Phi) is 4.49. The van der Waals surface area contributed by atoms with Crippen molar-refractivity contribution in [1.82, 2.24) is 5.32 Å². The highest BCUT2D eigenvalue weighted by molar-refractivity contribution is 7.07. The van der Waals surface area contributed by atoms with Gasteiger partial charge in [0.15, 0.2) is 0 Å². The molecule has 1 unspecified atom stereocenters. The molecule has 3 rings (SSSR count). The fourth-order valence-corrected chi connectivity index (χ4v) is 3.11. The molecule has 0 saturated carbocycles. The van der Waals surface area contributed by atoms with E-state index in [1.807, 2.05) is 6.07 Å². The van der Waals surface area contributed by atoms with Gasteiger partial charge >= 0.3 is 0 Å². The van der Waals surface area contributed by atoms with E-state index in [4.69, 9.17) is 0 Å². The fraction of sp³-hybridized carbons (Fsp3) is 0.158. The van der Waals surface area contributed by atoms with Crippen molar-refractivity contribution >= 4 is 11.3 Å². The molecule has 0 aliphatic rings. The first kappa shape index (κ1) is 14.1. The van der Waals surface area contributed by atoms with E-state index in [2.05, 4.69) is 77.6 Å². The molecule has 1 heterocycles. The number of nitrogens with one attached hydrogen (secondary N) is 1. The summed E-state index contributed by atoms with van der Waals surface area (Å²) in [6.45, 7) is 3.10. The topological polar surface area (TPSA) is 12.0 Å². The van der Waals surface area contributed by atoms with Crippen LogP contribution in [0, 0.1) is 0 Å². The van der Waals surface area contributed by atoms with Gasteiger partial charge in [-0.2, -0.15) is 11.3 Å². The zero-order chi connectivity index (χ0) is 14.5. The molecular formula is C19H19NS. The molecule has 21 heavy (non-hydrogen) atoms. The van der Waals surface area contributed by atoms with Gasteiger partial charge in [0, 0.05) is 12.6 Å². The number of benzene rings is 2. The van der Waals surface area contributed by atoms with Crippen LogP contribution in [0.5, 0.6) is 0 Å². The third-order valence-corrected chi connectivity index (χ3v) is 4.42. The Hall–Kier alpha value is -1.90. The Labute approximate surface area is 130 Å². The molecule has 1 aromatic heterocycles. The lowest BCUT2D eigenvalue weighted by Gasteiger charge is -2.12. The second kappa shape index (κ2) is 6.70. The standard InChI is InChI=1S/C19H19NS/c1-15(19-11-12-21-14-19)20-13-16-7-9-18(10-8-16)17-5-3-2-4-6-17/h2-12,14-15,20H,13H2,1H3. The summed E-state index contributed by atoms with van der Waals surface area (Å²) in [6, 6.07) is 21.9. The van der Waals surface area contributed by atoms with Crippen LogP contribution < -0.4 is 5.32 Å². The maximum atomic E-state index is 3.57. The summed E-state index contributed by atoms with van der Waals surface area (Å²) in [4.78, 5) is 0. The molecule has 3 aromatic rings. The number of hydrogen-bond donors (Lipinski definition) is 1. The molecule has 0 saturated heterocycles. The van der Waals surface area contributed by atoms with Crippen LogP contribution in [0.3, 0.4) is 0 Å². The van der Waals surface area contributed by atoms with Crippen molar-refractivity contribution in [3.05, 3.63) is 82.6 Å².